The smallest absolute Gasteiger partial charge is 0.387 e. The minimum absolute atomic E-state index is 0.0981. The molecule has 0 spiro atoms. The van der Waals surface area contributed by atoms with E-state index in [4.69, 9.17) is 52.0 Å². The van der Waals surface area contributed by atoms with Crippen molar-refractivity contribution in [3.8, 4) is 23.7 Å². The van der Waals surface area contributed by atoms with Crippen LogP contribution in [0.15, 0.2) is 21.9 Å². The van der Waals surface area contributed by atoms with E-state index in [2.05, 4.69) is 65.0 Å². The van der Waals surface area contributed by atoms with Crippen LogP contribution in [0.25, 0.3) is 0 Å². The zero-order valence-corrected chi connectivity index (χ0v) is 39.9. The normalized spacial score (nSPS) is 29.7. The summed E-state index contributed by atoms with van der Waals surface area (Å²) in [4.78, 5) is 104. The van der Waals surface area contributed by atoms with Gasteiger partial charge in [0.1, 0.15) is 36.1 Å². The Morgan fingerprint density at radius 1 is 0.672 bits per heavy atom. The van der Waals surface area contributed by atoms with Crippen molar-refractivity contribution in [2.24, 2.45) is 11.5 Å². The highest BCUT2D eigenvalue weighted by Crippen LogP contribution is 2.68. The summed E-state index contributed by atoms with van der Waals surface area (Å²) in [5.41, 5.74) is 17.6. The lowest BCUT2D eigenvalue weighted by Crippen LogP contribution is -2.56. The summed E-state index contributed by atoms with van der Waals surface area (Å²) in [6, 6.07) is 1.32. The van der Waals surface area contributed by atoms with Gasteiger partial charge in [-0.05, 0) is 40.7 Å². The first kappa shape index (κ1) is 58.3. The van der Waals surface area contributed by atoms with Crippen molar-refractivity contribution in [3.05, 3.63) is 38.9 Å². The molecule has 2 saturated heterocycles. The third-order valence-electron chi connectivity index (χ3n) is 8.39. The second-order valence-corrected chi connectivity index (χ2v) is 22.3. The number of aryl methyl sites for hydroxylation is 1. The molecule has 0 aromatic carbocycles. The molecule has 41 heteroatoms. The first-order chi connectivity index (χ1) is 30.2. The van der Waals surface area contributed by atoms with Crippen LogP contribution in [-0.2, 0) is 63.2 Å². The van der Waals surface area contributed by atoms with Gasteiger partial charge in [-0.15, -0.1) is 11.8 Å². The van der Waals surface area contributed by atoms with E-state index in [-0.39, 0.29) is 17.3 Å². The van der Waals surface area contributed by atoms with E-state index >= 15 is 0 Å². The van der Waals surface area contributed by atoms with Crippen LogP contribution < -0.4 is 34.3 Å². The average Bonchev–Trinajstić information content (AvgIpc) is 3.49. The quantitative estimate of drug-likeness (QED) is 0.0581. The van der Waals surface area contributed by atoms with Gasteiger partial charge in [0.25, 0.3) is 0 Å². The number of nitrogens with two attached hydrogens (primary N) is 4. The zero-order chi connectivity index (χ0) is 51.7. The molecule has 18 N–H and O–H groups in total. The highest BCUT2D eigenvalue weighted by molar-refractivity contribution is 7.67. The number of anilines is 2. The van der Waals surface area contributed by atoms with Gasteiger partial charge in [-0.1, -0.05) is 11.8 Å². The molecule has 0 saturated carbocycles. The molecule has 0 radical (unpaired) electrons. The molecule has 6 unspecified atom stereocenters. The summed E-state index contributed by atoms with van der Waals surface area (Å²) in [6.07, 6.45) is -12.2. The molecule has 4 rings (SSSR count). The first-order valence-electron chi connectivity index (χ1n) is 17.6. The van der Waals surface area contributed by atoms with Gasteiger partial charge < -0.3 is 81.8 Å². The van der Waals surface area contributed by atoms with Gasteiger partial charge in [-0.25, -0.2) is 37.0 Å². The Morgan fingerprint density at radius 3 is 1.43 bits per heavy atom. The lowest BCUT2D eigenvalue weighted by molar-refractivity contribution is -0.0793. The average molecular weight is 1080 g/mol. The number of hydrogen-bond donors (Lipinski definition) is 14. The maximum absolute atomic E-state index is 12.5. The highest BCUT2D eigenvalue weighted by atomic mass is 31.3. The molecule has 0 aliphatic carbocycles. The Kier molecular flexibility index (Phi) is 18.4. The predicted molar refractivity (Wildman–Crippen MR) is 218 cm³/mol. The van der Waals surface area contributed by atoms with Gasteiger partial charge in [0, 0.05) is 5.69 Å². The summed E-state index contributed by atoms with van der Waals surface area (Å²) in [5, 5.41) is 25.3. The third kappa shape index (κ3) is 15.2. The van der Waals surface area contributed by atoms with Gasteiger partial charge in [0.15, 0.2) is 23.5 Å². The monoisotopic (exact) mass is 1080 g/mol. The molecule has 2 aliphatic rings. The Hall–Kier alpha value is -3.01. The number of aliphatic hydroxyl groups is 2. The number of nitrogen functional groups attached to an aromatic ring is 2. The van der Waals surface area contributed by atoms with Gasteiger partial charge in [-0.3, -0.25) is 13.6 Å². The summed E-state index contributed by atoms with van der Waals surface area (Å²) >= 11 is 0. The summed E-state index contributed by atoms with van der Waals surface area (Å²) < 4.78 is 105. The lowest BCUT2D eigenvalue weighted by Gasteiger charge is -2.29. The number of aromatic nitrogens is 5. The van der Waals surface area contributed by atoms with Gasteiger partial charge >= 0.3 is 58.3 Å². The van der Waals surface area contributed by atoms with Crippen molar-refractivity contribution in [2.45, 2.75) is 94.8 Å². The fourth-order valence-corrected chi connectivity index (χ4v) is 12.5. The molecular weight excluding hydrogens is 1040 g/mol. The molecule has 35 nitrogen and oxygen atoms in total. The number of nitrogens with zero attached hydrogens (tertiary/aromatic N) is 5. The van der Waals surface area contributed by atoms with E-state index in [0.717, 1.165) is 24.6 Å². The molecule has 2 aromatic heterocycles. The Bertz CT molecular complexity index is 2730. The van der Waals surface area contributed by atoms with Crippen LogP contribution in [0.5, 0.6) is 0 Å². The Balaban J connectivity index is 0.000000355. The van der Waals surface area contributed by atoms with E-state index in [1.54, 1.807) is 0 Å². The molecule has 2 aliphatic heterocycles. The minimum Gasteiger partial charge on any atom is -0.387 e. The van der Waals surface area contributed by atoms with Crippen LogP contribution >= 0.6 is 46.9 Å². The SMILES string of the molecule is CC#CC1(N)[C@@H](O)[C@@H]([C@@H](C)OP(=O)(O)OP(=O)(O)OP(=O)(O)O)O[C@H]1n1c(C)cc(N)nc1=O.CC#CC1(N)[C@@H](O)[C@@H]([C@@H](C)OP(=O)(O)OP(=O)(O)OP(=O)(O)O)O[C@H]1n1ncc(N)nc1=O. The van der Waals surface area contributed by atoms with Gasteiger partial charge in [0.05, 0.1) is 18.4 Å². The number of phosphoric acid groups is 6. The van der Waals surface area contributed by atoms with Crippen molar-refractivity contribution in [3.63, 3.8) is 0 Å². The molecule has 2 fully saturated rings. The standard InChI is InChI=1S/C14H23N4O13P3.C12H20N5O13P3/c1-4-5-14(16)11(19)10(28-12(14)18-7(2)6-9(15)17-13(18)20)8(3)29-33(24,25)31-34(26,27)30-32(21,22)23;1-3-4-12(14)9(18)8(27-10(12)17-11(19)16-7(13)5-15-17)6(2)28-32(23,24)30-33(25,26)29-31(20,21)22/h6,8,10-12,19H,16H2,1-3H3,(H,24,25)(H,26,27)(H2,15,17,20)(H2,21,22,23);5-6,8-10,18H,14H2,1-2H3,(H,23,24)(H,25,26)(H2,13,16,19)(H2,20,21,22)/t8-,10-,11+,12-,14?;6-,8-,9+,10-,12?/m11/s1. The van der Waals surface area contributed by atoms with Crippen LogP contribution in [0.2, 0.25) is 0 Å². The third-order valence-corrected chi connectivity index (χ3v) is 16.2. The lowest BCUT2D eigenvalue weighted by atomic mass is 9.90. The van der Waals surface area contributed by atoms with Crippen molar-refractivity contribution in [1.82, 2.24) is 24.3 Å². The van der Waals surface area contributed by atoms with Gasteiger partial charge in [-0.2, -0.15) is 37.0 Å². The summed E-state index contributed by atoms with van der Waals surface area (Å²) in [5.74, 6) is 9.58. The molecule has 4 heterocycles. The van der Waals surface area contributed by atoms with Crippen molar-refractivity contribution in [2.75, 3.05) is 11.5 Å². The number of aliphatic hydroxyl groups excluding tert-OH is 2. The fraction of sp³-hybridized carbons (Fsp3) is 0.577. The predicted octanol–water partition coefficient (Wildman–Crippen LogP) is -3.22. The van der Waals surface area contributed by atoms with Crippen LogP contribution in [0.4, 0.5) is 11.6 Å². The van der Waals surface area contributed by atoms with Crippen LogP contribution in [-0.4, -0.2) is 121 Å². The molecule has 67 heavy (non-hydrogen) atoms. The Labute approximate surface area is 375 Å². The van der Waals surface area contributed by atoms with E-state index in [1.807, 2.05) is 0 Å². The zero-order valence-electron chi connectivity index (χ0n) is 34.5. The molecule has 378 valence electrons. The summed E-state index contributed by atoms with van der Waals surface area (Å²) in [7, 11) is -33.8. The number of phosphoric ester groups is 2. The van der Waals surface area contributed by atoms with Crippen molar-refractivity contribution >= 4 is 58.6 Å². The Morgan fingerprint density at radius 2 is 1.06 bits per heavy atom. The van der Waals surface area contributed by atoms with E-state index in [9.17, 15) is 66.8 Å². The number of ether oxygens (including phenoxy) is 2. The van der Waals surface area contributed by atoms with Gasteiger partial charge in [0.2, 0.25) is 0 Å². The topological polar surface area (TPSA) is 565 Å². The van der Waals surface area contributed by atoms with Crippen LogP contribution in [0, 0.1) is 30.6 Å². The number of hydrogen-bond acceptors (Lipinski definition) is 25. The molecule has 0 amide bonds. The maximum Gasteiger partial charge on any atom is 0.490 e. The molecule has 0 bridgehead atoms. The van der Waals surface area contributed by atoms with Crippen molar-refractivity contribution < 1.29 is 113 Å². The first-order valence-corrected chi connectivity index (χ1v) is 26.6. The molecular formula is C26H43N9O26P6. The summed E-state index contributed by atoms with van der Waals surface area (Å²) in [6.45, 7) is 6.34. The number of rotatable bonds is 16. The second kappa shape index (κ2) is 21.1. The fourth-order valence-electron chi connectivity index (χ4n) is 6.06. The molecule has 14 atom stereocenters. The van der Waals surface area contributed by atoms with E-state index in [0.29, 0.717) is 4.68 Å². The molecule has 2 aromatic rings. The van der Waals surface area contributed by atoms with E-state index in [1.165, 1.54) is 26.8 Å². The maximum atomic E-state index is 12.5. The highest BCUT2D eigenvalue weighted by Gasteiger charge is 2.59. The van der Waals surface area contributed by atoms with Crippen molar-refractivity contribution in [1.29, 1.82) is 0 Å². The van der Waals surface area contributed by atoms with Crippen LogP contribution in [0.1, 0.15) is 45.8 Å². The largest absolute Gasteiger partial charge is 0.490 e. The van der Waals surface area contributed by atoms with Crippen LogP contribution in [0.3, 0.4) is 0 Å². The second-order valence-electron chi connectivity index (χ2n) is 13.6. The van der Waals surface area contributed by atoms with E-state index < -0.39 is 118 Å². The minimum atomic E-state index is -5.77.